The number of aliphatic hydroxyl groups is 1. The number of nitrogens with two attached hydrogens (primary N) is 1. The van der Waals surface area contributed by atoms with Gasteiger partial charge in [0.25, 0.3) is 5.91 Å². The number of aromatic amines is 1. The van der Waals surface area contributed by atoms with Gasteiger partial charge in [-0.3, -0.25) is 9.69 Å². The van der Waals surface area contributed by atoms with Crippen LogP contribution < -0.4 is 15.5 Å². The van der Waals surface area contributed by atoms with Crippen LogP contribution in [0.25, 0.3) is 5.70 Å². The lowest BCUT2D eigenvalue weighted by Crippen LogP contribution is -2.50. The maximum Gasteiger partial charge on any atom is 0.276 e. The molecule has 4 aromatic heterocycles. The number of nitrogens with zero attached hydrogens (tertiary/aromatic N) is 8. The molecule has 4 aliphatic rings. The van der Waals surface area contributed by atoms with Gasteiger partial charge in [-0.05, 0) is 61.6 Å². The second-order valence-corrected chi connectivity index (χ2v) is 12.6. The Morgan fingerprint density at radius 1 is 1.12 bits per heavy atom. The van der Waals surface area contributed by atoms with Crippen LogP contribution in [0.5, 0.6) is 0 Å². The zero-order chi connectivity index (χ0) is 32.6. The standard InChI is InChI=1S/C35H39N10O3/c36-28(26-7-8-39-34(27(26)20-46)45-16-15-44-30-4-2-1-3-23(30)17-31(44)35(45)47)18-29(33-37-9-10-38-33)41-32-6-5-24(19-40-32)42-11-13-43(14-12-42)25-21-48-22-25/h5-10,13,17-19,25,46H,1-4,11-12,14-16,20-22,36H2,(H,37,38)/q+1/b28-18-,41-29?. The molecule has 4 N–H and O–H groups in total. The summed E-state index contributed by atoms with van der Waals surface area (Å²) in [4.78, 5) is 39.3. The Bertz CT molecular complexity index is 1920. The van der Waals surface area contributed by atoms with E-state index in [1.165, 1.54) is 11.3 Å². The number of aliphatic hydroxyl groups excluding tert-OH is 1. The van der Waals surface area contributed by atoms with Gasteiger partial charge in [-0.1, -0.05) is 0 Å². The molecule has 0 saturated carbocycles. The minimum absolute atomic E-state index is 0.113. The van der Waals surface area contributed by atoms with E-state index in [2.05, 4.69) is 40.2 Å². The van der Waals surface area contributed by atoms with Gasteiger partial charge in [-0.2, -0.15) is 0 Å². The number of anilines is 2. The van der Waals surface area contributed by atoms with E-state index in [0.29, 0.717) is 64.8 Å². The Kier molecular flexibility index (Phi) is 8.06. The summed E-state index contributed by atoms with van der Waals surface area (Å²) in [6.07, 6.45) is 15.1. The Balaban J connectivity index is 1.06. The molecule has 48 heavy (non-hydrogen) atoms. The number of allylic oxidation sites excluding steroid dienone is 1. The summed E-state index contributed by atoms with van der Waals surface area (Å²) in [6, 6.07) is 8.19. The predicted molar refractivity (Wildman–Crippen MR) is 182 cm³/mol. The summed E-state index contributed by atoms with van der Waals surface area (Å²) >= 11 is 0. The van der Waals surface area contributed by atoms with Crippen LogP contribution in [-0.4, -0.2) is 97.5 Å². The number of H-pyrrole nitrogens is 1. The van der Waals surface area contributed by atoms with Crippen LogP contribution in [0.15, 0.2) is 60.1 Å². The molecule has 3 aliphatic heterocycles. The molecule has 1 amide bonds. The number of carbonyl (C=O) groups is 1. The van der Waals surface area contributed by atoms with Crippen molar-refractivity contribution in [2.45, 2.75) is 44.9 Å². The van der Waals surface area contributed by atoms with Crippen molar-refractivity contribution < 1.29 is 19.2 Å². The highest BCUT2D eigenvalue weighted by Crippen LogP contribution is 2.32. The molecule has 1 saturated heterocycles. The summed E-state index contributed by atoms with van der Waals surface area (Å²) in [5, 5.41) is 10.6. The highest BCUT2D eigenvalue weighted by molar-refractivity contribution is 6.11. The number of hydrogen-bond donors (Lipinski definition) is 3. The lowest BCUT2D eigenvalue weighted by atomic mass is 9.98. The smallest absolute Gasteiger partial charge is 0.276 e. The number of imidazole rings is 1. The van der Waals surface area contributed by atoms with Gasteiger partial charge in [0.1, 0.15) is 30.4 Å². The number of aryl methyl sites for hydroxylation is 1. The van der Waals surface area contributed by atoms with Crippen LogP contribution in [0.2, 0.25) is 0 Å². The first-order valence-corrected chi connectivity index (χ1v) is 16.6. The quantitative estimate of drug-likeness (QED) is 0.195. The number of aliphatic imine (C=N–C) groups is 1. The molecule has 13 nitrogen and oxygen atoms in total. The van der Waals surface area contributed by atoms with Crippen molar-refractivity contribution in [3.63, 3.8) is 0 Å². The van der Waals surface area contributed by atoms with Crippen LogP contribution in [-0.2, 0) is 30.7 Å². The van der Waals surface area contributed by atoms with Gasteiger partial charge in [0.05, 0.1) is 31.6 Å². The number of hydrogen-bond acceptors (Lipinski definition) is 9. The number of fused-ring (bicyclic) bond motifs is 3. The first-order chi connectivity index (χ1) is 23.6. The third kappa shape index (κ3) is 5.58. The van der Waals surface area contributed by atoms with Gasteiger partial charge in [0, 0.05) is 54.2 Å². The van der Waals surface area contributed by atoms with E-state index < -0.39 is 0 Å². The van der Waals surface area contributed by atoms with E-state index in [1.54, 1.807) is 35.6 Å². The molecular formula is C35H39N10O3+. The maximum absolute atomic E-state index is 13.8. The van der Waals surface area contributed by atoms with Crippen molar-refractivity contribution in [2.75, 3.05) is 49.2 Å². The zero-order valence-electron chi connectivity index (χ0n) is 26.8. The molecule has 0 bridgehead atoms. The SMILES string of the molecule is N/C(=C\C(=Nc1ccc(N2CC=[N+](C3COC3)CC2)cn1)c1ncc[nH]1)c1ccnc(N2CCn3c(cc4c3CCCC4)C2=O)c1CO. The van der Waals surface area contributed by atoms with Crippen molar-refractivity contribution in [1.29, 1.82) is 0 Å². The molecule has 246 valence electrons. The molecule has 0 atom stereocenters. The molecule has 8 rings (SSSR count). The average molecular weight is 648 g/mol. The van der Waals surface area contributed by atoms with Crippen molar-refractivity contribution in [3.05, 3.63) is 89.0 Å². The second kappa shape index (κ2) is 12.8. The van der Waals surface area contributed by atoms with E-state index in [9.17, 15) is 9.90 Å². The number of carbonyl (C=O) groups excluding carboxylic acids is 1. The fourth-order valence-electron chi connectivity index (χ4n) is 7.12. The largest absolute Gasteiger partial charge is 0.398 e. The molecule has 13 heteroatoms. The monoisotopic (exact) mass is 647 g/mol. The molecule has 1 fully saturated rings. The first kappa shape index (κ1) is 30.2. The highest BCUT2D eigenvalue weighted by atomic mass is 16.5. The number of pyridine rings is 2. The number of ether oxygens (including phenoxy) is 1. The minimum Gasteiger partial charge on any atom is -0.398 e. The van der Waals surface area contributed by atoms with Crippen LogP contribution in [0.3, 0.4) is 0 Å². The fourth-order valence-corrected chi connectivity index (χ4v) is 7.12. The van der Waals surface area contributed by atoms with Crippen molar-refractivity contribution in [1.82, 2.24) is 24.5 Å². The van der Waals surface area contributed by atoms with Gasteiger partial charge in [-0.15, -0.1) is 0 Å². The van der Waals surface area contributed by atoms with E-state index >= 15 is 0 Å². The van der Waals surface area contributed by atoms with E-state index in [-0.39, 0.29) is 12.5 Å². The molecular weight excluding hydrogens is 608 g/mol. The minimum atomic E-state index is -0.343. The summed E-state index contributed by atoms with van der Waals surface area (Å²) in [5.74, 6) is 1.32. The predicted octanol–water partition coefficient (Wildman–Crippen LogP) is 2.46. The highest BCUT2D eigenvalue weighted by Gasteiger charge is 2.33. The number of rotatable bonds is 8. The van der Waals surface area contributed by atoms with E-state index in [1.807, 2.05) is 24.4 Å². The topological polar surface area (TPSA) is 154 Å². The van der Waals surface area contributed by atoms with Crippen molar-refractivity contribution in [3.8, 4) is 0 Å². The normalized spacial score (nSPS) is 18.8. The number of amides is 1. The van der Waals surface area contributed by atoms with Crippen molar-refractivity contribution in [2.24, 2.45) is 10.7 Å². The zero-order valence-corrected chi connectivity index (χ0v) is 26.8. The summed E-state index contributed by atoms with van der Waals surface area (Å²) in [6.45, 7) is 5.09. The molecule has 0 spiro atoms. The second-order valence-electron chi connectivity index (χ2n) is 12.6. The Morgan fingerprint density at radius 2 is 2.02 bits per heavy atom. The van der Waals surface area contributed by atoms with Gasteiger partial charge >= 0.3 is 0 Å². The average Bonchev–Trinajstić information content (AvgIpc) is 3.77. The molecule has 7 heterocycles. The lowest BCUT2D eigenvalue weighted by molar-refractivity contribution is -0.588. The molecule has 0 unspecified atom stereocenters. The van der Waals surface area contributed by atoms with Gasteiger partial charge in [0.15, 0.2) is 30.4 Å². The first-order valence-electron chi connectivity index (χ1n) is 16.6. The maximum atomic E-state index is 13.8. The molecule has 1 aliphatic carbocycles. The van der Waals surface area contributed by atoms with E-state index in [4.69, 9.17) is 15.5 Å². The summed E-state index contributed by atoms with van der Waals surface area (Å²) in [7, 11) is 0. The van der Waals surface area contributed by atoms with E-state index in [0.717, 1.165) is 64.2 Å². The van der Waals surface area contributed by atoms with Gasteiger partial charge < -0.3 is 30.0 Å². The Hall–Kier alpha value is -5.14. The number of nitrogens with one attached hydrogen (secondary N) is 1. The van der Waals surface area contributed by atoms with Crippen LogP contribution >= 0.6 is 0 Å². The number of aromatic nitrogens is 5. The van der Waals surface area contributed by atoms with Crippen LogP contribution in [0.1, 0.15) is 51.5 Å². The third-order valence-electron chi connectivity index (χ3n) is 9.80. The van der Waals surface area contributed by atoms with Crippen LogP contribution in [0.4, 0.5) is 17.3 Å². The van der Waals surface area contributed by atoms with Gasteiger partial charge in [0.2, 0.25) is 0 Å². The van der Waals surface area contributed by atoms with Gasteiger partial charge in [-0.25, -0.2) is 24.5 Å². The molecule has 4 aromatic rings. The third-order valence-corrected chi connectivity index (χ3v) is 9.80. The lowest BCUT2D eigenvalue weighted by Gasteiger charge is -2.30. The fraction of sp³-hybridized carbons (Fsp3) is 0.371. The molecule has 0 radical (unpaired) electrons. The Morgan fingerprint density at radius 3 is 2.75 bits per heavy atom. The summed E-state index contributed by atoms with van der Waals surface area (Å²) in [5.41, 5.74) is 12.9. The summed E-state index contributed by atoms with van der Waals surface area (Å²) < 4.78 is 9.89. The van der Waals surface area contributed by atoms with Crippen molar-refractivity contribution >= 4 is 40.9 Å². The van der Waals surface area contributed by atoms with Crippen LogP contribution in [0, 0.1) is 0 Å². The molecule has 0 aromatic carbocycles. The Labute approximate surface area is 278 Å².